The lowest BCUT2D eigenvalue weighted by Crippen LogP contribution is -2.14. The second kappa shape index (κ2) is 9.06. The maximum absolute atomic E-state index is 14.4. The van der Waals surface area contributed by atoms with Crippen LogP contribution in [-0.2, 0) is 11.0 Å². The molecule has 0 fully saturated rings. The quantitative estimate of drug-likeness (QED) is 0.415. The highest BCUT2D eigenvalue weighted by Gasteiger charge is 2.30. The van der Waals surface area contributed by atoms with E-state index in [4.69, 9.17) is 0 Å². The van der Waals surface area contributed by atoms with Crippen LogP contribution >= 0.6 is 0 Å². The van der Waals surface area contributed by atoms with Crippen molar-refractivity contribution in [2.45, 2.75) is 32.4 Å². The van der Waals surface area contributed by atoms with Crippen LogP contribution in [0.3, 0.4) is 0 Å². The van der Waals surface area contributed by atoms with Crippen LogP contribution in [0.4, 0.5) is 22.0 Å². The molecule has 0 aliphatic carbocycles. The van der Waals surface area contributed by atoms with Gasteiger partial charge in [0.15, 0.2) is 0 Å². The van der Waals surface area contributed by atoms with E-state index in [0.29, 0.717) is 17.2 Å². The van der Waals surface area contributed by atoms with Crippen molar-refractivity contribution in [2.24, 2.45) is 5.92 Å². The standard InChI is InChI=1S/C24H20F5NO2/c1-13(2)9-19(23(31)32)15-10-21(14-3-5-16(6-4-14)24(27,28)29)30-22(11-15)18-8-7-17(25)12-20(18)26/h3-8,10-13,19H,9H2,1-2H3,(H,31,32). The summed E-state index contributed by atoms with van der Waals surface area (Å²) >= 11 is 0. The van der Waals surface area contributed by atoms with Crippen molar-refractivity contribution < 1.29 is 31.9 Å². The van der Waals surface area contributed by atoms with E-state index >= 15 is 0 Å². The first-order valence-corrected chi connectivity index (χ1v) is 9.83. The molecule has 0 saturated heterocycles. The van der Waals surface area contributed by atoms with Crippen LogP contribution in [0.15, 0.2) is 54.6 Å². The Morgan fingerprint density at radius 1 is 0.969 bits per heavy atom. The zero-order valence-electron chi connectivity index (χ0n) is 17.3. The summed E-state index contributed by atoms with van der Waals surface area (Å²) in [6, 6.07) is 10.0. The Labute approximate surface area is 181 Å². The molecule has 1 aromatic heterocycles. The number of benzene rings is 2. The number of rotatable bonds is 6. The molecule has 1 atom stereocenters. The maximum Gasteiger partial charge on any atom is 0.416 e. The van der Waals surface area contributed by atoms with Crippen LogP contribution in [0.2, 0.25) is 0 Å². The number of carboxylic acid groups (broad SMARTS) is 1. The summed E-state index contributed by atoms with van der Waals surface area (Å²) in [5.41, 5.74) is -0.0116. The third-order valence-electron chi connectivity index (χ3n) is 4.97. The Hall–Kier alpha value is -3.29. The van der Waals surface area contributed by atoms with Gasteiger partial charge in [0.1, 0.15) is 11.6 Å². The average Bonchev–Trinajstić information content (AvgIpc) is 2.71. The Morgan fingerprint density at radius 2 is 1.59 bits per heavy atom. The summed E-state index contributed by atoms with van der Waals surface area (Å²) in [6.07, 6.45) is -4.22. The Balaban J connectivity index is 2.19. The molecule has 32 heavy (non-hydrogen) atoms. The molecule has 0 aliphatic heterocycles. The van der Waals surface area contributed by atoms with E-state index in [2.05, 4.69) is 4.98 Å². The van der Waals surface area contributed by atoms with Crippen molar-refractivity contribution >= 4 is 5.97 Å². The lowest BCUT2D eigenvalue weighted by molar-refractivity contribution is -0.139. The van der Waals surface area contributed by atoms with E-state index in [9.17, 15) is 31.9 Å². The van der Waals surface area contributed by atoms with E-state index < -0.39 is 35.3 Å². The number of nitrogens with zero attached hydrogens (tertiary/aromatic N) is 1. The van der Waals surface area contributed by atoms with Gasteiger partial charge in [0.25, 0.3) is 0 Å². The zero-order valence-corrected chi connectivity index (χ0v) is 17.3. The van der Waals surface area contributed by atoms with Gasteiger partial charge in [-0.2, -0.15) is 13.2 Å². The first kappa shape index (κ1) is 23.4. The van der Waals surface area contributed by atoms with Crippen LogP contribution in [0.1, 0.15) is 37.3 Å². The van der Waals surface area contributed by atoms with E-state index in [-0.39, 0.29) is 29.3 Å². The predicted molar refractivity (Wildman–Crippen MR) is 110 cm³/mol. The largest absolute Gasteiger partial charge is 0.481 e. The summed E-state index contributed by atoms with van der Waals surface area (Å²) in [5, 5.41) is 9.75. The number of carbonyl (C=O) groups is 1. The topological polar surface area (TPSA) is 50.2 Å². The average molecular weight is 449 g/mol. The monoisotopic (exact) mass is 449 g/mol. The second-order valence-electron chi connectivity index (χ2n) is 7.89. The van der Waals surface area contributed by atoms with Gasteiger partial charge in [0.2, 0.25) is 0 Å². The Bertz CT molecular complexity index is 1120. The summed E-state index contributed by atoms with van der Waals surface area (Å²) in [7, 11) is 0. The number of hydrogen-bond donors (Lipinski definition) is 1. The molecule has 3 rings (SSSR count). The number of hydrogen-bond acceptors (Lipinski definition) is 2. The molecule has 1 heterocycles. The number of halogens is 5. The van der Waals surface area contributed by atoms with Crippen LogP contribution in [0, 0.1) is 17.6 Å². The van der Waals surface area contributed by atoms with Crippen LogP contribution in [-0.4, -0.2) is 16.1 Å². The van der Waals surface area contributed by atoms with Gasteiger partial charge in [0.05, 0.1) is 22.9 Å². The van der Waals surface area contributed by atoms with Crippen LogP contribution in [0.5, 0.6) is 0 Å². The van der Waals surface area contributed by atoms with E-state index in [1.807, 2.05) is 13.8 Å². The molecule has 0 saturated carbocycles. The maximum atomic E-state index is 14.4. The number of aromatic nitrogens is 1. The summed E-state index contributed by atoms with van der Waals surface area (Å²) < 4.78 is 66.5. The molecule has 3 aromatic rings. The molecule has 0 radical (unpaired) electrons. The lowest BCUT2D eigenvalue weighted by atomic mass is 9.89. The van der Waals surface area contributed by atoms with E-state index in [1.165, 1.54) is 30.3 Å². The summed E-state index contributed by atoms with van der Waals surface area (Å²) in [5.74, 6) is -3.66. The molecule has 2 aromatic carbocycles. The molecule has 0 bridgehead atoms. The molecule has 1 N–H and O–H groups in total. The van der Waals surface area contributed by atoms with Crippen molar-refractivity contribution in [3.05, 3.63) is 77.4 Å². The van der Waals surface area contributed by atoms with Gasteiger partial charge < -0.3 is 5.11 Å². The van der Waals surface area contributed by atoms with Gasteiger partial charge in [-0.3, -0.25) is 4.79 Å². The molecule has 3 nitrogen and oxygen atoms in total. The van der Waals surface area contributed by atoms with Gasteiger partial charge in [-0.15, -0.1) is 0 Å². The van der Waals surface area contributed by atoms with Gasteiger partial charge in [-0.1, -0.05) is 26.0 Å². The molecule has 1 unspecified atom stereocenters. The number of alkyl halides is 3. The lowest BCUT2D eigenvalue weighted by Gasteiger charge is -2.18. The first-order chi connectivity index (χ1) is 15.0. The fraction of sp³-hybridized carbons (Fsp3) is 0.250. The number of aliphatic carboxylic acids is 1. The summed E-state index contributed by atoms with van der Waals surface area (Å²) in [4.78, 5) is 16.3. The molecular weight excluding hydrogens is 429 g/mol. The van der Waals surface area contributed by atoms with Crippen molar-refractivity contribution in [2.75, 3.05) is 0 Å². The van der Waals surface area contributed by atoms with Crippen LogP contribution < -0.4 is 0 Å². The highest BCUT2D eigenvalue weighted by molar-refractivity contribution is 5.78. The minimum Gasteiger partial charge on any atom is -0.481 e. The fourth-order valence-corrected chi connectivity index (χ4v) is 3.42. The molecule has 8 heteroatoms. The normalized spacial score (nSPS) is 12.8. The van der Waals surface area contributed by atoms with Gasteiger partial charge in [-0.25, -0.2) is 13.8 Å². The van der Waals surface area contributed by atoms with Crippen molar-refractivity contribution in [3.63, 3.8) is 0 Å². The third kappa shape index (κ3) is 5.30. The van der Waals surface area contributed by atoms with Crippen LogP contribution in [0.25, 0.3) is 22.5 Å². The Kier molecular flexibility index (Phi) is 6.62. The Morgan fingerprint density at radius 3 is 2.12 bits per heavy atom. The van der Waals surface area contributed by atoms with Crippen molar-refractivity contribution in [3.8, 4) is 22.5 Å². The number of carboxylic acids is 1. The molecule has 0 amide bonds. The minimum atomic E-state index is -4.51. The van der Waals surface area contributed by atoms with Crippen molar-refractivity contribution in [1.29, 1.82) is 0 Å². The SMILES string of the molecule is CC(C)CC(C(=O)O)c1cc(-c2ccc(C(F)(F)F)cc2)nc(-c2ccc(F)cc2F)c1. The third-order valence-corrected chi connectivity index (χ3v) is 4.97. The fourth-order valence-electron chi connectivity index (χ4n) is 3.42. The van der Waals surface area contributed by atoms with Gasteiger partial charge in [-0.05, 0) is 54.3 Å². The molecular formula is C24H20F5NO2. The predicted octanol–water partition coefficient (Wildman–Crippen LogP) is 6.93. The van der Waals surface area contributed by atoms with Crippen molar-refractivity contribution in [1.82, 2.24) is 4.98 Å². The zero-order chi connectivity index (χ0) is 23.6. The smallest absolute Gasteiger partial charge is 0.416 e. The molecule has 0 spiro atoms. The molecule has 0 aliphatic rings. The highest BCUT2D eigenvalue weighted by atomic mass is 19.4. The highest BCUT2D eigenvalue weighted by Crippen LogP contribution is 2.34. The molecule has 168 valence electrons. The minimum absolute atomic E-state index is 0.0322. The first-order valence-electron chi connectivity index (χ1n) is 9.83. The van der Waals surface area contributed by atoms with Gasteiger partial charge >= 0.3 is 12.1 Å². The second-order valence-corrected chi connectivity index (χ2v) is 7.89. The summed E-state index contributed by atoms with van der Waals surface area (Å²) in [6.45, 7) is 3.71. The van der Waals surface area contributed by atoms with E-state index in [0.717, 1.165) is 18.2 Å². The van der Waals surface area contributed by atoms with Gasteiger partial charge in [0, 0.05) is 17.2 Å². The van der Waals surface area contributed by atoms with E-state index in [1.54, 1.807) is 0 Å². The number of pyridine rings is 1.